The molecule has 0 saturated heterocycles. The number of hydrogen-bond acceptors (Lipinski definition) is 8. The van der Waals surface area contributed by atoms with Gasteiger partial charge in [0.15, 0.2) is 5.11 Å². The fourth-order valence-electron chi connectivity index (χ4n) is 4.93. The van der Waals surface area contributed by atoms with Crippen LogP contribution in [0.3, 0.4) is 0 Å². The quantitative estimate of drug-likeness (QED) is 0.0191. The maximum absolute atomic E-state index is 8.28. The van der Waals surface area contributed by atoms with Crippen molar-refractivity contribution < 1.29 is 0 Å². The van der Waals surface area contributed by atoms with Crippen LogP contribution in [-0.4, -0.2) is 60.3 Å². The lowest BCUT2D eigenvalue weighted by Crippen LogP contribution is -2.36. The third-order valence-corrected chi connectivity index (χ3v) is 9.07. The maximum Gasteiger partial charge on any atom is 0.166 e. The minimum absolute atomic E-state index is 0.823. The molecule has 0 saturated carbocycles. The van der Waals surface area contributed by atoms with Gasteiger partial charge in [0.2, 0.25) is 0 Å². The molecular weight excluding hydrogens is 683 g/mol. The van der Waals surface area contributed by atoms with Gasteiger partial charge in [-0.05, 0) is 101 Å². The molecule has 0 aromatic carbocycles. The molecule has 0 aliphatic rings. The fraction of sp³-hybridized carbons (Fsp3) is 0.895. The lowest BCUT2D eigenvalue weighted by Gasteiger charge is -2.10. The van der Waals surface area contributed by atoms with Gasteiger partial charge in [0.1, 0.15) is 5.40 Å². The highest BCUT2D eigenvalue weighted by Crippen LogP contribution is 2.09. The third kappa shape index (κ3) is 59.6. The van der Waals surface area contributed by atoms with E-state index in [0.717, 1.165) is 68.0 Å². The van der Waals surface area contributed by atoms with Crippen LogP contribution in [0.4, 0.5) is 0 Å². The zero-order valence-electron chi connectivity index (χ0n) is 31.8. The molecule has 0 aromatic heterocycles. The van der Waals surface area contributed by atoms with Gasteiger partial charge in [0, 0.05) is 31.9 Å². The van der Waals surface area contributed by atoms with E-state index in [1.807, 2.05) is 6.92 Å². The molecule has 11 heteroatoms. The van der Waals surface area contributed by atoms with Crippen molar-refractivity contribution in [1.82, 2.24) is 16.0 Å². The average molecular weight is 760 g/mol. The molecule has 0 fully saturated rings. The van der Waals surface area contributed by atoms with Crippen molar-refractivity contribution in [2.75, 3.05) is 45.0 Å². The Balaban J connectivity index is -0.000000737. The highest BCUT2D eigenvalue weighted by atomic mass is 32.2. The molecular formula is C38H77N7S4. The van der Waals surface area contributed by atoms with Crippen LogP contribution < -0.4 is 27.4 Å². The summed E-state index contributed by atoms with van der Waals surface area (Å²) >= 11 is 16.1. The number of rotatable bonds is 33. The van der Waals surface area contributed by atoms with Gasteiger partial charge in [-0.1, -0.05) is 135 Å². The van der Waals surface area contributed by atoms with Gasteiger partial charge in [-0.25, -0.2) is 4.99 Å². The summed E-state index contributed by atoms with van der Waals surface area (Å²) in [5.41, 5.74) is 10.7. The van der Waals surface area contributed by atoms with Gasteiger partial charge < -0.3 is 27.4 Å². The zero-order valence-corrected chi connectivity index (χ0v) is 35.1. The van der Waals surface area contributed by atoms with Gasteiger partial charge in [-0.3, -0.25) is 0 Å². The lowest BCUT2D eigenvalue weighted by atomic mass is 10.1. The Morgan fingerprint density at radius 1 is 0.592 bits per heavy atom. The molecule has 0 heterocycles. The van der Waals surface area contributed by atoms with Crippen LogP contribution in [-0.2, 0) is 0 Å². The number of isothiocyanates is 1. The first kappa shape index (κ1) is 52.5. The molecule has 0 rings (SSSR count). The highest BCUT2D eigenvalue weighted by molar-refractivity contribution is 8.03. The number of hydrogen-bond donors (Lipinski definition) is 5. The highest BCUT2D eigenvalue weighted by Gasteiger charge is 1.97. The normalized spacial score (nSPS) is 10.0. The minimum atomic E-state index is 0.823. The van der Waals surface area contributed by atoms with Crippen molar-refractivity contribution in [3.8, 4) is 5.40 Å². The number of nitrogens with zero attached hydrogens (tertiary/aromatic N) is 2. The summed E-state index contributed by atoms with van der Waals surface area (Å²) in [5.74, 6) is 0.978. The summed E-state index contributed by atoms with van der Waals surface area (Å²) in [6, 6.07) is 0. The number of nitrogens with two attached hydrogens (primary N) is 2. The Bertz CT molecular complexity index is 751. The van der Waals surface area contributed by atoms with E-state index in [2.05, 4.69) is 50.6 Å². The fourth-order valence-corrected chi connectivity index (χ4v) is 5.77. The molecule has 7 nitrogen and oxygen atoms in total. The number of aliphatic imine (C=N–C) groups is 1. The first-order valence-corrected chi connectivity index (χ1v) is 21.9. The molecule has 0 aliphatic heterocycles. The van der Waals surface area contributed by atoms with Gasteiger partial charge in [0.05, 0.1) is 10.1 Å². The summed E-state index contributed by atoms with van der Waals surface area (Å²) in [7, 11) is 0. The maximum atomic E-state index is 8.28. The summed E-state index contributed by atoms with van der Waals surface area (Å²) in [6.45, 7) is 9.73. The second kappa shape index (κ2) is 51.5. The van der Waals surface area contributed by atoms with E-state index >= 15 is 0 Å². The van der Waals surface area contributed by atoms with Crippen molar-refractivity contribution in [2.24, 2.45) is 16.5 Å². The third-order valence-electron chi connectivity index (χ3n) is 7.88. The Labute approximate surface area is 324 Å². The molecule has 0 aliphatic carbocycles. The van der Waals surface area contributed by atoms with Gasteiger partial charge in [-0.2, -0.15) is 5.26 Å². The lowest BCUT2D eigenvalue weighted by molar-refractivity contribution is 0.571. The predicted molar refractivity (Wildman–Crippen MR) is 232 cm³/mol. The second-order valence-electron chi connectivity index (χ2n) is 12.6. The van der Waals surface area contributed by atoms with Crippen molar-refractivity contribution in [3.63, 3.8) is 0 Å². The largest absolute Gasteiger partial charge is 0.380 e. The molecule has 0 bridgehead atoms. The zero-order chi connectivity index (χ0) is 36.7. The van der Waals surface area contributed by atoms with Gasteiger partial charge in [0.25, 0.3) is 0 Å². The Hall–Kier alpha value is -0.860. The number of nitrogens with one attached hydrogen (secondary N) is 3. The van der Waals surface area contributed by atoms with Crippen LogP contribution >= 0.6 is 48.4 Å². The van der Waals surface area contributed by atoms with Crippen molar-refractivity contribution in [2.45, 2.75) is 174 Å². The Kier molecular flexibility index (Phi) is 55.2. The SMILES string of the molecule is CCCCCCCCCCNC(=S)NCCCCCCCNC(C)=S.N#CSCCCCCCCCN=C=S.NCCCCCCCCN. The van der Waals surface area contributed by atoms with Crippen molar-refractivity contribution in [1.29, 1.82) is 5.26 Å². The van der Waals surface area contributed by atoms with Crippen LogP contribution in [0.15, 0.2) is 4.99 Å². The number of thiocarbonyl (C=S) groups is 3. The molecule has 0 radical (unpaired) electrons. The summed E-state index contributed by atoms with van der Waals surface area (Å²) in [5, 5.41) is 23.4. The van der Waals surface area contributed by atoms with E-state index in [9.17, 15) is 0 Å². The molecule has 7 N–H and O–H groups in total. The van der Waals surface area contributed by atoms with Crippen molar-refractivity contribution >= 4 is 63.7 Å². The van der Waals surface area contributed by atoms with Crippen LogP contribution in [0.1, 0.15) is 174 Å². The first-order valence-electron chi connectivity index (χ1n) is 19.7. The molecule has 0 atom stereocenters. The van der Waals surface area contributed by atoms with E-state index < -0.39 is 0 Å². The predicted octanol–water partition coefficient (Wildman–Crippen LogP) is 10.4. The number of thiocyanates is 1. The summed E-state index contributed by atoms with van der Waals surface area (Å²) in [4.78, 5) is 4.76. The van der Waals surface area contributed by atoms with E-state index in [1.54, 1.807) is 0 Å². The molecule has 0 aromatic rings. The topological polar surface area (TPSA) is 124 Å². The van der Waals surface area contributed by atoms with E-state index in [-0.39, 0.29) is 0 Å². The second-order valence-corrected chi connectivity index (χ2v) is 14.7. The van der Waals surface area contributed by atoms with Crippen LogP contribution in [0.25, 0.3) is 0 Å². The van der Waals surface area contributed by atoms with E-state index in [4.69, 9.17) is 41.2 Å². The Morgan fingerprint density at radius 2 is 0.980 bits per heavy atom. The van der Waals surface area contributed by atoms with E-state index in [0.29, 0.717) is 0 Å². The standard InChI is InChI=1S/C20H41N3S2.C10H16N2S2.C8H20N2/c1-3-4-5-6-7-8-10-14-17-22-20(25)23-18-15-12-9-11-13-16-21-19(2)24;11-9-14-8-6-4-2-1-3-5-7-12-10-13;9-7-5-3-1-2-4-6-8-10/h3-18H2,1-2H3,(H,21,24)(H2,22,23,25);1-8H2;1-10H2. The summed E-state index contributed by atoms with van der Waals surface area (Å²) in [6.07, 6.45) is 32.0. The average Bonchev–Trinajstić information content (AvgIpc) is 3.09. The van der Waals surface area contributed by atoms with Crippen molar-refractivity contribution in [3.05, 3.63) is 0 Å². The molecule has 49 heavy (non-hydrogen) atoms. The molecule has 0 spiro atoms. The number of nitriles is 1. The first-order chi connectivity index (χ1) is 24.0. The van der Waals surface area contributed by atoms with Crippen LogP contribution in [0.5, 0.6) is 0 Å². The molecule has 0 unspecified atom stereocenters. The molecule has 0 amide bonds. The van der Waals surface area contributed by atoms with Crippen LogP contribution in [0, 0.1) is 10.7 Å². The van der Waals surface area contributed by atoms with Gasteiger partial charge in [-0.15, -0.1) is 0 Å². The molecule has 288 valence electrons. The smallest absolute Gasteiger partial charge is 0.166 e. The van der Waals surface area contributed by atoms with Crippen LogP contribution in [0.2, 0.25) is 0 Å². The van der Waals surface area contributed by atoms with Gasteiger partial charge >= 0.3 is 0 Å². The summed E-state index contributed by atoms with van der Waals surface area (Å²) < 4.78 is 0. The minimum Gasteiger partial charge on any atom is -0.380 e. The number of unbranched alkanes of at least 4 members (excludes halogenated alkanes) is 21. The number of thioether (sulfide) groups is 1. The Morgan fingerprint density at radius 3 is 1.39 bits per heavy atom. The monoisotopic (exact) mass is 760 g/mol. The van der Waals surface area contributed by atoms with E-state index in [1.165, 1.54) is 159 Å².